The van der Waals surface area contributed by atoms with Crippen molar-refractivity contribution in [2.45, 2.75) is 0 Å². The number of para-hydroxylation sites is 2. The van der Waals surface area contributed by atoms with Gasteiger partial charge in [0.05, 0.1) is 0 Å². The van der Waals surface area contributed by atoms with Crippen LogP contribution in [-0.2, 0) is 0 Å². The van der Waals surface area contributed by atoms with Gasteiger partial charge in [-0.1, -0.05) is 12.1 Å². The van der Waals surface area contributed by atoms with E-state index < -0.39 is 10.1 Å². The number of nitrogens with one attached hydrogen (secondary N) is 2. The van der Waals surface area contributed by atoms with Gasteiger partial charge in [0.1, 0.15) is 0 Å². The highest BCUT2D eigenvalue weighted by molar-refractivity contribution is 5.72. The minimum Gasteiger partial charge on any atom is -0.623 e. The Kier molecular flexibility index (Phi) is 2.25. The summed E-state index contributed by atoms with van der Waals surface area (Å²) < 4.78 is 0. The van der Waals surface area contributed by atoms with Crippen LogP contribution in [0.25, 0.3) is 0 Å². The van der Waals surface area contributed by atoms with E-state index in [1.54, 1.807) is 0 Å². The molecule has 6 heteroatoms. The first-order valence-electron chi connectivity index (χ1n) is 5.34. The molecule has 0 aliphatic carbocycles. The summed E-state index contributed by atoms with van der Waals surface area (Å²) >= 11 is 0. The van der Waals surface area contributed by atoms with Crippen LogP contribution in [0.2, 0.25) is 0 Å². The van der Waals surface area contributed by atoms with Crippen LogP contribution >= 0.6 is 0 Å². The summed E-state index contributed by atoms with van der Waals surface area (Å²) in [4.78, 5) is 0. The van der Waals surface area contributed by atoms with Gasteiger partial charge in [0, 0.05) is 12.1 Å². The Morgan fingerprint density at radius 1 is 0.722 bits per heavy atom. The summed E-state index contributed by atoms with van der Waals surface area (Å²) in [5.41, 5.74) is 0.240. The van der Waals surface area contributed by atoms with Gasteiger partial charge in [-0.2, -0.15) is 0 Å². The first-order valence-corrected chi connectivity index (χ1v) is 5.34. The Hall–Kier alpha value is -2.12. The monoisotopic (exact) mass is 246 g/mol. The predicted molar refractivity (Wildman–Crippen MR) is 63.5 cm³/mol. The number of rotatable bonds is 0. The molecule has 0 aromatic heterocycles. The molecule has 2 aromatic carbocycles. The first-order chi connectivity index (χ1) is 8.61. The minimum atomic E-state index is -0.450. The fourth-order valence-corrected chi connectivity index (χ4v) is 2.21. The molecule has 0 radical (unpaired) electrons. The molecule has 4 N–H and O–H groups in total. The van der Waals surface area contributed by atoms with Gasteiger partial charge in [0.25, 0.3) is 0 Å². The predicted octanol–water partition coefficient (Wildman–Crippen LogP) is 0.103. The molecule has 0 saturated carbocycles. The highest BCUT2D eigenvalue weighted by atomic mass is 16.5. The first kappa shape index (κ1) is 11.0. The second kappa shape index (κ2) is 3.69. The zero-order valence-electron chi connectivity index (χ0n) is 9.18. The third-order valence-electron chi connectivity index (χ3n) is 3.03. The third kappa shape index (κ3) is 1.31. The van der Waals surface area contributed by atoms with Crippen molar-refractivity contribution in [3.63, 3.8) is 0 Å². The zero-order chi connectivity index (χ0) is 12.9. The average Bonchev–Trinajstić information content (AvgIpc) is 2.35. The van der Waals surface area contributed by atoms with Gasteiger partial charge in [-0.3, -0.25) is 10.1 Å². The van der Waals surface area contributed by atoms with E-state index in [-0.39, 0.29) is 34.2 Å². The van der Waals surface area contributed by atoms with Crippen LogP contribution in [-0.4, -0.2) is 10.2 Å². The fraction of sp³-hybridized carbons (Fsp3) is 0. The summed E-state index contributed by atoms with van der Waals surface area (Å²) in [5, 5.41) is 42.9. The molecule has 2 unspecified atom stereocenters. The van der Waals surface area contributed by atoms with Crippen molar-refractivity contribution in [3.05, 3.63) is 46.8 Å². The van der Waals surface area contributed by atoms with Crippen molar-refractivity contribution < 1.29 is 20.3 Å². The molecule has 0 spiro atoms. The summed E-state index contributed by atoms with van der Waals surface area (Å²) in [6, 6.07) is 8.62. The van der Waals surface area contributed by atoms with Crippen LogP contribution in [0.5, 0.6) is 11.5 Å². The van der Waals surface area contributed by atoms with Gasteiger partial charge in [-0.25, -0.2) is 0 Å². The van der Waals surface area contributed by atoms with E-state index in [0.29, 0.717) is 0 Å². The molecule has 2 aromatic rings. The number of quaternary nitrogens is 2. The van der Waals surface area contributed by atoms with E-state index in [1.165, 1.54) is 36.4 Å². The molecule has 0 amide bonds. The highest BCUT2D eigenvalue weighted by Crippen LogP contribution is 2.36. The number of aromatic hydroxyl groups is 2. The number of phenolic OH excluding ortho intramolecular Hbond substituents is 2. The third-order valence-corrected chi connectivity index (χ3v) is 3.03. The Labute approximate surface area is 102 Å². The molecular weight excluding hydrogens is 236 g/mol. The fourth-order valence-electron chi connectivity index (χ4n) is 2.21. The van der Waals surface area contributed by atoms with Crippen LogP contribution in [0.4, 0.5) is 22.7 Å². The van der Waals surface area contributed by atoms with E-state index in [2.05, 4.69) is 0 Å². The topological polar surface area (TPSA) is 95.5 Å². The summed E-state index contributed by atoms with van der Waals surface area (Å²) in [6.45, 7) is 0. The molecule has 0 bridgehead atoms. The zero-order valence-corrected chi connectivity index (χ0v) is 9.18. The summed E-state index contributed by atoms with van der Waals surface area (Å²) in [6.07, 6.45) is 0. The van der Waals surface area contributed by atoms with Gasteiger partial charge in [0.15, 0.2) is 11.5 Å². The molecule has 1 aliphatic rings. The number of phenols is 2. The smallest absolute Gasteiger partial charge is 0.240 e. The molecule has 92 valence electrons. The van der Waals surface area contributed by atoms with Crippen molar-refractivity contribution >= 4 is 22.7 Å². The molecule has 1 aliphatic heterocycles. The van der Waals surface area contributed by atoms with Gasteiger partial charge >= 0.3 is 0 Å². The normalized spacial score (nSPS) is 21.2. The van der Waals surface area contributed by atoms with E-state index in [0.717, 1.165) is 0 Å². The number of benzene rings is 2. The molecule has 3 rings (SSSR count). The van der Waals surface area contributed by atoms with Crippen molar-refractivity contribution in [1.82, 2.24) is 0 Å². The van der Waals surface area contributed by atoms with Crippen molar-refractivity contribution in [2.24, 2.45) is 0 Å². The lowest BCUT2D eigenvalue weighted by atomic mass is 10.1. The van der Waals surface area contributed by atoms with Crippen LogP contribution in [0.15, 0.2) is 36.4 Å². The maximum absolute atomic E-state index is 12.2. The number of hydrogen-bond donors (Lipinski definition) is 4. The lowest BCUT2D eigenvalue weighted by Gasteiger charge is -2.34. The van der Waals surface area contributed by atoms with Gasteiger partial charge in [-0.15, -0.1) is 0 Å². The van der Waals surface area contributed by atoms with Gasteiger partial charge < -0.3 is 20.6 Å². The van der Waals surface area contributed by atoms with E-state index >= 15 is 0 Å². The van der Waals surface area contributed by atoms with Gasteiger partial charge in [0.2, 0.25) is 22.7 Å². The molecule has 0 fully saturated rings. The minimum absolute atomic E-state index is 0.000556. The van der Waals surface area contributed by atoms with Crippen molar-refractivity contribution in [3.8, 4) is 11.5 Å². The largest absolute Gasteiger partial charge is 0.623 e. The molecule has 2 atom stereocenters. The van der Waals surface area contributed by atoms with Crippen LogP contribution < -0.4 is 10.1 Å². The van der Waals surface area contributed by atoms with E-state index in [1.807, 2.05) is 0 Å². The number of hydrogen-bond acceptors (Lipinski definition) is 4. The maximum atomic E-state index is 12.2. The quantitative estimate of drug-likeness (QED) is 0.391. The van der Waals surface area contributed by atoms with Crippen LogP contribution in [0, 0.1) is 10.4 Å². The lowest BCUT2D eigenvalue weighted by molar-refractivity contribution is -0.763. The second-order valence-electron chi connectivity index (χ2n) is 4.06. The Balaban J connectivity index is 2.32. The second-order valence-corrected chi connectivity index (χ2v) is 4.06. The van der Waals surface area contributed by atoms with E-state index in [4.69, 9.17) is 0 Å². The molecular formula is C12H10N2O4. The number of fused-ring (bicyclic) bond motifs is 2. The molecule has 18 heavy (non-hydrogen) atoms. The molecule has 1 heterocycles. The van der Waals surface area contributed by atoms with Crippen molar-refractivity contribution in [1.29, 1.82) is 0 Å². The maximum Gasteiger partial charge on any atom is 0.240 e. The Bertz CT molecular complexity index is 574. The lowest BCUT2D eigenvalue weighted by Crippen LogP contribution is -3.07. The van der Waals surface area contributed by atoms with Gasteiger partial charge in [-0.05, 0) is 12.1 Å². The summed E-state index contributed by atoms with van der Waals surface area (Å²) in [7, 11) is 0. The standard InChI is InChI=1S/C12H10N2O4/c15-9-5-1-3-7-11(9)14(18)8-4-2-6-10(16)12(8)13(7)17/h1-6,13-16H. The van der Waals surface area contributed by atoms with E-state index in [9.17, 15) is 20.6 Å². The SMILES string of the molecule is [O-][NH+]1c2cccc(O)c2[NH+]([O-])c2cccc(O)c21. The summed E-state index contributed by atoms with van der Waals surface area (Å²) in [5.74, 6) is -0.445. The highest BCUT2D eigenvalue weighted by Gasteiger charge is 2.34. The Morgan fingerprint density at radius 3 is 1.50 bits per heavy atom. The molecule has 0 saturated heterocycles. The van der Waals surface area contributed by atoms with Crippen LogP contribution in [0.1, 0.15) is 0 Å². The average molecular weight is 246 g/mol. The van der Waals surface area contributed by atoms with Crippen molar-refractivity contribution in [2.75, 3.05) is 0 Å². The molecule has 6 nitrogen and oxygen atoms in total. The van der Waals surface area contributed by atoms with Crippen LogP contribution in [0.3, 0.4) is 0 Å². The Morgan fingerprint density at radius 2 is 1.11 bits per heavy atom.